The minimum atomic E-state index is 1.05. The van der Waals surface area contributed by atoms with Gasteiger partial charge in [0.1, 0.15) is 0 Å². The Balaban J connectivity index is 4.19. The lowest BCUT2D eigenvalue weighted by molar-refractivity contribution is 0.321. The number of likely N-dealkylation sites (N-methyl/N-ethyl adjacent to an activating group) is 2. The Labute approximate surface area is 114 Å². The maximum Gasteiger partial charge on any atom is 0.0348 e. The molecule has 0 aromatic carbocycles. The summed E-state index contributed by atoms with van der Waals surface area (Å²) < 4.78 is 0. The summed E-state index contributed by atoms with van der Waals surface area (Å²) in [5.41, 5.74) is 2.70. The molecule has 0 bridgehead atoms. The Hall–Kier alpha value is -1.18. The zero-order valence-electron chi connectivity index (χ0n) is 13.0. The molecule has 0 fully saturated rings. The quantitative estimate of drug-likeness (QED) is 0.600. The maximum absolute atomic E-state index is 2.34. The molecule has 2 heteroatoms. The molecule has 0 saturated heterocycles. The zero-order chi connectivity index (χ0) is 14.0. The van der Waals surface area contributed by atoms with Crippen molar-refractivity contribution in [1.29, 1.82) is 0 Å². The van der Waals surface area contributed by atoms with Crippen LogP contribution in [0, 0.1) is 0 Å². The van der Waals surface area contributed by atoms with E-state index in [-0.39, 0.29) is 0 Å². The van der Waals surface area contributed by atoms with E-state index in [9.17, 15) is 0 Å². The highest BCUT2D eigenvalue weighted by Gasteiger charge is 2.01. The highest BCUT2D eigenvalue weighted by Crippen LogP contribution is 2.02. The molecule has 0 aliphatic carbocycles. The van der Waals surface area contributed by atoms with Crippen molar-refractivity contribution in [3.8, 4) is 0 Å². The second-order valence-corrected chi connectivity index (χ2v) is 4.89. The summed E-state index contributed by atoms with van der Waals surface area (Å²) >= 11 is 0. The van der Waals surface area contributed by atoms with E-state index in [2.05, 4.69) is 75.9 Å². The van der Waals surface area contributed by atoms with Crippen LogP contribution in [-0.4, -0.2) is 36.5 Å². The second kappa shape index (κ2) is 9.81. The topological polar surface area (TPSA) is 6.48 Å². The van der Waals surface area contributed by atoms with Gasteiger partial charge in [-0.2, -0.15) is 0 Å². The number of allylic oxidation sites excluding steroid dienone is 5. The standard InChI is InChI=1S/C16H30N2/c1-7-10-16(5)17(6)13-14-18(8-2)12-9-11-15(3)4/h9-12H,7-8,13-14H2,1-6H3/b12-9+,16-10+. The third kappa shape index (κ3) is 7.99. The van der Waals surface area contributed by atoms with Gasteiger partial charge in [0.05, 0.1) is 0 Å². The second-order valence-electron chi connectivity index (χ2n) is 4.89. The average Bonchev–Trinajstić information content (AvgIpc) is 2.32. The maximum atomic E-state index is 2.34. The summed E-state index contributed by atoms with van der Waals surface area (Å²) in [6.07, 6.45) is 9.84. The van der Waals surface area contributed by atoms with Crippen LogP contribution in [0.3, 0.4) is 0 Å². The van der Waals surface area contributed by atoms with Crippen LogP contribution in [0.15, 0.2) is 35.7 Å². The van der Waals surface area contributed by atoms with Gasteiger partial charge in [0.2, 0.25) is 0 Å². The van der Waals surface area contributed by atoms with E-state index in [0.29, 0.717) is 0 Å². The van der Waals surface area contributed by atoms with Gasteiger partial charge in [0.15, 0.2) is 0 Å². The van der Waals surface area contributed by atoms with Gasteiger partial charge >= 0.3 is 0 Å². The molecule has 2 nitrogen and oxygen atoms in total. The van der Waals surface area contributed by atoms with E-state index in [0.717, 1.165) is 26.1 Å². The van der Waals surface area contributed by atoms with E-state index < -0.39 is 0 Å². The van der Waals surface area contributed by atoms with Crippen molar-refractivity contribution in [3.63, 3.8) is 0 Å². The minimum absolute atomic E-state index is 1.05. The molecule has 0 aliphatic rings. The van der Waals surface area contributed by atoms with Crippen molar-refractivity contribution in [2.75, 3.05) is 26.7 Å². The van der Waals surface area contributed by atoms with Crippen LogP contribution < -0.4 is 0 Å². The molecule has 0 saturated carbocycles. The number of hydrogen-bond acceptors (Lipinski definition) is 2. The lowest BCUT2D eigenvalue weighted by atomic mass is 10.3. The van der Waals surface area contributed by atoms with Gasteiger partial charge < -0.3 is 9.80 Å². The molecular weight excluding hydrogens is 220 g/mol. The van der Waals surface area contributed by atoms with Gasteiger partial charge in [-0.05, 0) is 46.4 Å². The highest BCUT2D eigenvalue weighted by molar-refractivity contribution is 5.07. The Morgan fingerprint density at radius 1 is 1.06 bits per heavy atom. The molecule has 104 valence electrons. The van der Waals surface area contributed by atoms with Crippen LogP contribution in [0.25, 0.3) is 0 Å². The SMILES string of the molecule is CC/C=C(\C)N(C)CCN(/C=C/C=C(C)C)CC. The summed E-state index contributed by atoms with van der Waals surface area (Å²) in [6, 6.07) is 0. The van der Waals surface area contributed by atoms with Crippen LogP contribution in [0.2, 0.25) is 0 Å². The predicted octanol–water partition coefficient (Wildman–Crippen LogP) is 4.03. The summed E-state index contributed by atoms with van der Waals surface area (Å²) in [5, 5.41) is 0. The number of rotatable bonds is 8. The largest absolute Gasteiger partial charge is 0.377 e. The van der Waals surface area contributed by atoms with Crippen LogP contribution in [0.4, 0.5) is 0 Å². The first kappa shape index (κ1) is 16.8. The van der Waals surface area contributed by atoms with Crippen molar-refractivity contribution in [2.24, 2.45) is 0 Å². The van der Waals surface area contributed by atoms with Gasteiger partial charge in [0.25, 0.3) is 0 Å². The Kier molecular flexibility index (Phi) is 9.17. The molecule has 0 rings (SSSR count). The molecule has 0 aromatic rings. The van der Waals surface area contributed by atoms with Gasteiger partial charge in [-0.25, -0.2) is 0 Å². The number of hydrogen-bond donors (Lipinski definition) is 0. The fourth-order valence-electron chi connectivity index (χ4n) is 1.60. The van der Waals surface area contributed by atoms with Gasteiger partial charge in [-0.1, -0.05) is 24.6 Å². The van der Waals surface area contributed by atoms with Crippen LogP contribution >= 0.6 is 0 Å². The first-order valence-electron chi connectivity index (χ1n) is 6.94. The van der Waals surface area contributed by atoms with E-state index in [1.54, 1.807) is 0 Å². The molecule has 0 N–H and O–H groups in total. The third-order valence-corrected chi connectivity index (χ3v) is 2.96. The average molecular weight is 250 g/mol. The molecule has 0 amide bonds. The molecule has 0 unspecified atom stereocenters. The molecule has 0 aromatic heterocycles. The fourth-order valence-corrected chi connectivity index (χ4v) is 1.60. The molecular formula is C16H30N2. The summed E-state index contributed by atoms with van der Waals surface area (Å²) in [6.45, 7) is 14.0. The van der Waals surface area contributed by atoms with E-state index in [4.69, 9.17) is 0 Å². The molecule has 0 heterocycles. The molecule has 18 heavy (non-hydrogen) atoms. The first-order valence-corrected chi connectivity index (χ1v) is 6.94. The monoisotopic (exact) mass is 250 g/mol. The molecule has 0 aliphatic heterocycles. The van der Waals surface area contributed by atoms with Crippen LogP contribution in [0.1, 0.15) is 41.0 Å². The summed E-state index contributed by atoms with van der Waals surface area (Å²) in [5.74, 6) is 0. The Morgan fingerprint density at radius 3 is 2.22 bits per heavy atom. The molecule has 0 spiro atoms. The van der Waals surface area contributed by atoms with Crippen LogP contribution in [0.5, 0.6) is 0 Å². The van der Waals surface area contributed by atoms with Crippen molar-refractivity contribution in [2.45, 2.75) is 41.0 Å². The normalized spacial score (nSPS) is 11.8. The van der Waals surface area contributed by atoms with E-state index >= 15 is 0 Å². The molecule has 0 atom stereocenters. The first-order chi connectivity index (χ1) is 8.51. The lowest BCUT2D eigenvalue weighted by Crippen LogP contribution is -2.29. The van der Waals surface area contributed by atoms with Crippen molar-refractivity contribution < 1.29 is 0 Å². The Morgan fingerprint density at radius 2 is 1.72 bits per heavy atom. The van der Waals surface area contributed by atoms with E-state index in [1.807, 2.05) is 0 Å². The van der Waals surface area contributed by atoms with Crippen molar-refractivity contribution in [3.05, 3.63) is 35.7 Å². The van der Waals surface area contributed by atoms with Crippen LogP contribution in [-0.2, 0) is 0 Å². The van der Waals surface area contributed by atoms with Crippen molar-refractivity contribution in [1.82, 2.24) is 9.80 Å². The van der Waals surface area contributed by atoms with E-state index in [1.165, 1.54) is 11.3 Å². The lowest BCUT2D eigenvalue weighted by Gasteiger charge is -2.25. The van der Waals surface area contributed by atoms with Gasteiger partial charge in [-0.15, -0.1) is 0 Å². The number of nitrogens with zero attached hydrogens (tertiary/aromatic N) is 2. The van der Waals surface area contributed by atoms with Gasteiger partial charge in [0, 0.05) is 32.4 Å². The third-order valence-electron chi connectivity index (χ3n) is 2.96. The summed E-state index contributed by atoms with van der Waals surface area (Å²) in [4.78, 5) is 4.66. The van der Waals surface area contributed by atoms with Gasteiger partial charge in [-0.3, -0.25) is 0 Å². The molecule has 0 radical (unpaired) electrons. The van der Waals surface area contributed by atoms with Crippen molar-refractivity contribution >= 4 is 0 Å². The fraction of sp³-hybridized carbons (Fsp3) is 0.625. The zero-order valence-corrected chi connectivity index (χ0v) is 13.0. The minimum Gasteiger partial charge on any atom is -0.377 e. The highest BCUT2D eigenvalue weighted by atomic mass is 15.2. The Bertz CT molecular complexity index is 296. The predicted molar refractivity (Wildman–Crippen MR) is 82.5 cm³/mol. The summed E-state index contributed by atoms with van der Waals surface area (Å²) in [7, 11) is 2.16. The smallest absolute Gasteiger partial charge is 0.0348 e.